The van der Waals surface area contributed by atoms with Gasteiger partial charge >= 0.3 is 0 Å². The molecule has 7 heteroatoms. The van der Waals surface area contributed by atoms with Crippen molar-refractivity contribution in [1.29, 1.82) is 0 Å². The molecule has 2 aliphatic heterocycles. The molecule has 0 N–H and O–H groups in total. The van der Waals surface area contributed by atoms with E-state index in [-0.39, 0.29) is 0 Å². The summed E-state index contributed by atoms with van der Waals surface area (Å²) >= 11 is 1.77. The lowest BCUT2D eigenvalue weighted by atomic mass is 9.97. The van der Waals surface area contributed by atoms with Gasteiger partial charge in [0.1, 0.15) is 9.84 Å². The molecule has 5 nitrogen and oxygen atoms in total. The molecule has 3 aromatic rings. The van der Waals surface area contributed by atoms with E-state index < -0.39 is 9.84 Å². The fraction of sp³-hybridized carbons (Fsp3) is 0.435. The summed E-state index contributed by atoms with van der Waals surface area (Å²) < 4.78 is 24.9. The summed E-state index contributed by atoms with van der Waals surface area (Å²) in [5.74, 6) is 1.16. The van der Waals surface area contributed by atoms with Crippen LogP contribution in [0.4, 0.5) is 5.13 Å². The minimum Gasteiger partial charge on any atom is -0.345 e. The molecule has 0 radical (unpaired) electrons. The summed E-state index contributed by atoms with van der Waals surface area (Å²) in [5, 5.41) is 1.10. The highest BCUT2D eigenvalue weighted by Crippen LogP contribution is 2.34. The Morgan fingerprint density at radius 2 is 1.70 bits per heavy atom. The van der Waals surface area contributed by atoms with E-state index >= 15 is 0 Å². The molecule has 2 aromatic carbocycles. The lowest BCUT2D eigenvalue weighted by Gasteiger charge is -2.43. The minimum atomic E-state index is -2.81. The highest BCUT2D eigenvalue weighted by Gasteiger charge is 2.33. The number of anilines is 1. The first-order chi connectivity index (χ1) is 14.6. The number of hydrogen-bond acceptors (Lipinski definition) is 6. The Morgan fingerprint density at radius 3 is 2.47 bits per heavy atom. The first kappa shape index (κ1) is 20.0. The van der Waals surface area contributed by atoms with Crippen LogP contribution < -0.4 is 4.90 Å². The van der Waals surface area contributed by atoms with Crippen molar-refractivity contribution in [2.75, 3.05) is 42.6 Å². The fourth-order valence-electron chi connectivity index (χ4n) is 4.65. The van der Waals surface area contributed by atoms with Crippen LogP contribution in [0.3, 0.4) is 0 Å². The quantitative estimate of drug-likeness (QED) is 0.613. The van der Waals surface area contributed by atoms with E-state index in [9.17, 15) is 8.42 Å². The van der Waals surface area contributed by atoms with Gasteiger partial charge in [0.25, 0.3) is 0 Å². The molecule has 3 heterocycles. The lowest BCUT2D eigenvalue weighted by Crippen LogP contribution is -2.50. The van der Waals surface area contributed by atoms with Gasteiger partial charge in [-0.15, -0.1) is 0 Å². The average Bonchev–Trinajstić information content (AvgIpc) is 3.20. The molecular weight excluding hydrogens is 414 g/mol. The highest BCUT2D eigenvalue weighted by atomic mass is 32.2. The third-order valence-corrected chi connectivity index (χ3v) is 9.21. The van der Waals surface area contributed by atoms with Crippen LogP contribution in [0.25, 0.3) is 10.2 Å². The zero-order chi connectivity index (χ0) is 20.6. The van der Waals surface area contributed by atoms with Gasteiger partial charge < -0.3 is 4.90 Å². The number of benzene rings is 2. The number of nitrogens with zero attached hydrogens (tertiary/aromatic N) is 3. The number of aromatic nitrogens is 1. The lowest BCUT2D eigenvalue weighted by molar-refractivity contribution is 0.146. The van der Waals surface area contributed by atoms with Gasteiger partial charge in [-0.2, -0.15) is 0 Å². The van der Waals surface area contributed by atoms with Gasteiger partial charge in [0, 0.05) is 26.2 Å². The molecule has 0 aliphatic carbocycles. The third-order valence-electron chi connectivity index (χ3n) is 6.40. The van der Waals surface area contributed by atoms with Crippen molar-refractivity contribution in [2.24, 2.45) is 5.92 Å². The van der Waals surface area contributed by atoms with Crippen LogP contribution >= 0.6 is 11.3 Å². The monoisotopic (exact) mass is 441 g/mol. The number of thiazole rings is 1. The molecule has 5 rings (SSSR count). The van der Waals surface area contributed by atoms with E-state index in [0.29, 0.717) is 23.5 Å². The summed E-state index contributed by atoms with van der Waals surface area (Å²) in [6.45, 7) is 3.81. The van der Waals surface area contributed by atoms with Gasteiger partial charge in [-0.1, -0.05) is 53.8 Å². The van der Waals surface area contributed by atoms with E-state index in [2.05, 4.69) is 58.3 Å². The smallest absolute Gasteiger partial charge is 0.186 e. The Balaban J connectivity index is 1.36. The average molecular weight is 442 g/mol. The Morgan fingerprint density at radius 1 is 0.967 bits per heavy atom. The molecule has 2 aliphatic rings. The molecule has 0 amide bonds. The maximum absolute atomic E-state index is 11.8. The predicted octanol–water partition coefficient (Wildman–Crippen LogP) is 3.98. The number of piperazine rings is 1. The molecular formula is C23H27N3O2S2. The van der Waals surface area contributed by atoms with Crippen molar-refractivity contribution in [2.45, 2.75) is 18.9 Å². The molecule has 1 atom stereocenters. The molecule has 1 aromatic heterocycles. The summed E-state index contributed by atoms with van der Waals surface area (Å²) in [5.41, 5.74) is 2.39. The zero-order valence-corrected chi connectivity index (χ0v) is 18.6. The van der Waals surface area contributed by atoms with Crippen molar-refractivity contribution in [3.05, 3.63) is 60.2 Å². The van der Waals surface area contributed by atoms with Crippen LogP contribution in [0.5, 0.6) is 0 Å². The van der Waals surface area contributed by atoms with E-state index in [0.717, 1.165) is 49.7 Å². The van der Waals surface area contributed by atoms with Gasteiger partial charge in [-0.05, 0) is 36.5 Å². The summed E-state index contributed by atoms with van der Waals surface area (Å²) in [4.78, 5) is 9.87. The Hall–Kier alpha value is -1.96. The van der Waals surface area contributed by atoms with Crippen LogP contribution in [-0.2, 0) is 9.84 Å². The fourth-order valence-corrected chi connectivity index (χ4v) is 7.24. The Labute approximate surface area is 182 Å². The van der Waals surface area contributed by atoms with E-state index in [1.54, 1.807) is 11.3 Å². The molecule has 2 saturated heterocycles. The van der Waals surface area contributed by atoms with Gasteiger partial charge in [0.2, 0.25) is 0 Å². The van der Waals surface area contributed by atoms with E-state index in [4.69, 9.17) is 4.98 Å². The maximum Gasteiger partial charge on any atom is 0.186 e. The highest BCUT2D eigenvalue weighted by molar-refractivity contribution is 7.91. The van der Waals surface area contributed by atoms with E-state index in [1.165, 1.54) is 10.3 Å². The number of hydrogen-bond donors (Lipinski definition) is 0. The van der Waals surface area contributed by atoms with Crippen molar-refractivity contribution in [1.82, 2.24) is 9.88 Å². The van der Waals surface area contributed by atoms with Gasteiger partial charge in [-0.25, -0.2) is 13.4 Å². The number of rotatable bonds is 4. The van der Waals surface area contributed by atoms with Gasteiger partial charge in [0.05, 0.1) is 27.8 Å². The first-order valence-corrected chi connectivity index (χ1v) is 13.3. The largest absolute Gasteiger partial charge is 0.345 e. The topological polar surface area (TPSA) is 53.5 Å². The van der Waals surface area contributed by atoms with Crippen LogP contribution in [-0.4, -0.2) is 56.0 Å². The van der Waals surface area contributed by atoms with Crippen molar-refractivity contribution in [3.8, 4) is 0 Å². The second kappa shape index (κ2) is 8.29. The van der Waals surface area contributed by atoms with Gasteiger partial charge in [0.15, 0.2) is 5.13 Å². The Bertz CT molecular complexity index is 1070. The number of fused-ring (bicyclic) bond motifs is 1. The maximum atomic E-state index is 11.8. The number of para-hydroxylation sites is 1. The second-order valence-electron chi connectivity index (χ2n) is 8.43. The molecule has 30 heavy (non-hydrogen) atoms. The van der Waals surface area contributed by atoms with Crippen LogP contribution in [0.2, 0.25) is 0 Å². The molecule has 2 fully saturated rings. The molecule has 0 spiro atoms. The van der Waals surface area contributed by atoms with Crippen LogP contribution in [0, 0.1) is 5.92 Å². The van der Waals surface area contributed by atoms with Crippen molar-refractivity contribution in [3.63, 3.8) is 0 Å². The normalized spacial score (nSPS) is 23.1. The zero-order valence-electron chi connectivity index (χ0n) is 17.0. The summed E-state index contributed by atoms with van der Waals surface area (Å²) in [7, 11) is -2.81. The summed E-state index contributed by atoms with van der Waals surface area (Å²) in [6.07, 6.45) is 1.59. The molecule has 0 saturated carbocycles. The van der Waals surface area contributed by atoms with E-state index in [1.807, 2.05) is 6.07 Å². The van der Waals surface area contributed by atoms with Crippen LogP contribution in [0.15, 0.2) is 54.6 Å². The second-order valence-corrected chi connectivity index (χ2v) is 11.7. The minimum absolute atomic E-state index is 0.297. The van der Waals surface area contributed by atoms with Crippen molar-refractivity contribution < 1.29 is 8.42 Å². The molecule has 1 unspecified atom stereocenters. The first-order valence-electron chi connectivity index (χ1n) is 10.7. The van der Waals surface area contributed by atoms with Gasteiger partial charge in [-0.3, -0.25) is 4.90 Å². The third kappa shape index (κ3) is 4.24. The SMILES string of the molecule is O=S1(=O)CCC(CN2CCN(c3nc4ccccc4s3)CC2c2ccccc2)CC1. The summed E-state index contributed by atoms with van der Waals surface area (Å²) in [6, 6.07) is 19.3. The number of sulfone groups is 1. The molecule has 158 valence electrons. The standard InChI is InChI=1S/C23H27N3O2S2/c27-30(28)14-10-18(11-15-30)16-25-12-13-26(17-21(25)19-6-2-1-3-7-19)23-24-20-8-4-5-9-22(20)29-23/h1-9,18,21H,10-17H2. The predicted molar refractivity (Wildman–Crippen MR) is 124 cm³/mol. The van der Waals surface area contributed by atoms with Crippen molar-refractivity contribution >= 4 is 36.5 Å². The molecule has 0 bridgehead atoms. The van der Waals surface area contributed by atoms with Crippen LogP contribution in [0.1, 0.15) is 24.4 Å². The Kier molecular flexibility index (Phi) is 5.52.